The fraction of sp³-hybridized carbons (Fsp3) is 0.133. The van der Waals surface area contributed by atoms with E-state index in [0.717, 1.165) is 22.5 Å². The molecular formula is C15H15FN2S. The van der Waals surface area contributed by atoms with Crippen molar-refractivity contribution in [1.82, 2.24) is 0 Å². The normalized spacial score (nSPS) is 10.3. The molecule has 0 saturated heterocycles. The van der Waals surface area contributed by atoms with Crippen LogP contribution in [0.3, 0.4) is 0 Å². The maximum absolute atomic E-state index is 12.9. The molecule has 0 aliphatic rings. The Morgan fingerprint density at radius 3 is 2.21 bits per heavy atom. The van der Waals surface area contributed by atoms with Crippen molar-refractivity contribution >= 4 is 28.6 Å². The van der Waals surface area contributed by atoms with Crippen LogP contribution in [0.2, 0.25) is 0 Å². The largest absolute Gasteiger partial charge is 0.389 e. The molecule has 19 heavy (non-hydrogen) atoms. The molecule has 0 fully saturated rings. The second-order valence-corrected chi connectivity index (χ2v) is 4.84. The molecule has 2 rings (SSSR count). The molecular weight excluding hydrogens is 259 g/mol. The number of halogens is 1. The summed E-state index contributed by atoms with van der Waals surface area (Å²) in [5.74, 6) is -0.239. The highest BCUT2D eigenvalue weighted by atomic mass is 32.1. The van der Waals surface area contributed by atoms with Gasteiger partial charge in [0.15, 0.2) is 0 Å². The molecule has 0 spiro atoms. The van der Waals surface area contributed by atoms with E-state index in [2.05, 4.69) is 0 Å². The number of aryl methyl sites for hydroxylation is 1. The first-order chi connectivity index (χ1) is 8.99. The minimum Gasteiger partial charge on any atom is -0.389 e. The third-order valence-corrected chi connectivity index (χ3v) is 3.30. The lowest BCUT2D eigenvalue weighted by atomic mass is 10.1. The van der Waals surface area contributed by atoms with E-state index in [-0.39, 0.29) is 5.82 Å². The zero-order chi connectivity index (χ0) is 14.0. The minimum atomic E-state index is -0.239. The van der Waals surface area contributed by atoms with Crippen molar-refractivity contribution in [1.29, 1.82) is 0 Å². The number of nitrogens with zero attached hydrogens (tertiary/aromatic N) is 1. The highest BCUT2D eigenvalue weighted by Crippen LogP contribution is 2.25. The van der Waals surface area contributed by atoms with Gasteiger partial charge < -0.3 is 10.6 Å². The molecule has 4 heteroatoms. The standard InChI is InChI=1S/C15H15FN2S/c1-10-9-13(7-8-14(10)15(17)19)18(2)12-5-3-11(16)4-6-12/h3-9H,1-2H3,(H2,17,19). The molecule has 0 saturated carbocycles. The first-order valence-corrected chi connectivity index (χ1v) is 6.29. The van der Waals surface area contributed by atoms with Crippen LogP contribution < -0.4 is 10.6 Å². The lowest BCUT2D eigenvalue weighted by Crippen LogP contribution is -2.13. The number of hydrogen-bond donors (Lipinski definition) is 1. The lowest BCUT2D eigenvalue weighted by Gasteiger charge is -2.20. The van der Waals surface area contributed by atoms with Gasteiger partial charge in [0.25, 0.3) is 0 Å². The van der Waals surface area contributed by atoms with Crippen molar-refractivity contribution in [3.05, 3.63) is 59.4 Å². The number of thiocarbonyl (C=S) groups is 1. The predicted molar refractivity (Wildman–Crippen MR) is 81.5 cm³/mol. The Morgan fingerprint density at radius 1 is 1.11 bits per heavy atom. The monoisotopic (exact) mass is 274 g/mol. The van der Waals surface area contributed by atoms with Crippen molar-refractivity contribution in [3.63, 3.8) is 0 Å². The highest BCUT2D eigenvalue weighted by Gasteiger charge is 2.07. The van der Waals surface area contributed by atoms with E-state index in [4.69, 9.17) is 18.0 Å². The Balaban J connectivity index is 2.34. The average Bonchev–Trinajstić information content (AvgIpc) is 2.38. The first-order valence-electron chi connectivity index (χ1n) is 5.89. The molecule has 0 amide bonds. The average molecular weight is 274 g/mol. The van der Waals surface area contributed by atoms with Gasteiger partial charge in [0.1, 0.15) is 10.8 Å². The lowest BCUT2D eigenvalue weighted by molar-refractivity contribution is 0.628. The fourth-order valence-electron chi connectivity index (χ4n) is 1.95. The molecule has 2 nitrogen and oxygen atoms in total. The van der Waals surface area contributed by atoms with E-state index >= 15 is 0 Å². The molecule has 0 heterocycles. The van der Waals surface area contributed by atoms with E-state index in [9.17, 15) is 4.39 Å². The Kier molecular flexibility index (Phi) is 3.81. The number of benzene rings is 2. The van der Waals surface area contributed by atoms with Gasteiger partial charge >= 0.3 is 0 Å². The molecule has 0 atom stereocenters. The van der Waals surface area contributed by atoms with Crippen LogP contribution >= 0.6 is 12.2 Å². The summed E-state index contributed by atoms with van der Waals surface area (Å²) in [5.41, 5.74) is 9.48. The number of hydrogen-bond acceptors (Lipinski definition) is 2. The van der Waals surface area contributed by atoms with Crippen LogP contribution in [0.4, 0.5) is 15.8 Å². The van der Waals surface area contributed by atoms with Gasteiger partial charge in [0.2, 0.25) is 0 Å². The van der Waals surface area contributed by atoms with Gasteiger partial charge in [0.05, 0.1) is 0 Å². The SMILES string of the molecule is Cc1cc(N(C)c2ccc(F)cc2)ccc1C(N)=S. The Labute approximate surface area is 117 Å². The maximum Gasteiger partial charge on any atom is 0.123 e. The summed E-state index contributed by atoms with van der Waals surface area (Å²) < 4.78 is 12.9. The van der Waals surface area contributed by atoms with Crippen LogP contribution in [0, 0.1) is 12.7 Å². The molecule has 0 unspecified atom stereocenters. The number of rotatable bonds is 3. The first kappa shape index (κ1) is 13.5. The molecule has 2 aromatic rings. The van der Waals surface area contributed by atoms with Gasteiger partial charge in [-0.15, -0.1) is 0 Å². The minimum absolute atomic E-state index is 0.239. The molecule has 2 N–H and O–H groups in total. The van der Waals surface area contributed by atoms with Gasteiger partial charge in [0, 0.05) is 24.0 Å². The summed E-state index contributed by atoms with van der Waals surface area (Å²) in [5, 5.41) is 0. The highest BCUT2D eigenvalue weighted by molar-refractivity contribution is 7.80. The number of nitrogens with two attached hydrogens (primary N) is 1. The summed E-state index contributed by atoms with van der Waals surface area (Å²) in [6.07, 6.45) is 0. The van der Waals surface area contributed by atoms with Crippen LogP contribution in [0.15, 0.2) is 42.5 Å². The van der Waals surface area contributed by atoms with Gasteiger partial charge in [-0.25, -0.2) is 4.39 Å². The topological polar surface area (TPSA) is 29.3 Å². The van der Waals surface area contributed by atoms with Crippen LogP contribution in [0.25, 0.3) is 0 Å². The summed E-state index contributed by atoms with van der Waals surface area (Å²) in [6, 6.07) is 12.2. The third kappa shape index (κ3) is 2.90. The zero-order valence-electron chi connectivity index (χ0n) is 10.9. The van der Waals surface area contributed by atoms with Crippen LogP contribution in [0.5, 0.6) is 0 Å². The molecule has 0 radical (unpaired) electrons. The zero-order valence-corrected chi connectivity index (χ0v) is 11.7. The Hall–Kier alpha value is -1.94. The van der Waals surface area contributed by atoms with Gasteiger partial charge in [-0.2, -0.15) is 0 Å². The summed E-state index contributed by atoms with van der Waals surface area (Å²) in [7, 11) is 1.93. The van der Waals surface area contributed by atoms with E-state index in [1.807, 2.05) is 37.1 Å². The molecule has 0 aliphatic heterocycles. The van der Waals surface area contributed by atoms with Crippen molar-refractivity contribution < 1.29 is 4.39 Å². The molecule has 98 valence electrons. The second-order valence-electron chi connectivity index (χ2n) is 4.40. The van der Waals surface area contributed by atoms with Crippen molar-refractivity contribution in [2.45, 2.75) is 6.92 Å². The smallest absolute Gasteiger partial charge is 0.123 e. The fourth-order valence-corrected chi connectivity index (χ4v) is 2.18. The van der Waals surface area contributed by atoms with Gasteiger partial charge in [-0.3, -0.25) is 0 Å². The van der Waals surface area contributed by atoms with Gasteiger partial charge in [-0.05, 0) is 55.0 Å². The van der Waals surface area contributed by atoms with Gasteiger partial charge in [-0.1, -0.05) is 12.2 Å². The van der Waals surface area contributed by atoms with Crippen LogP contribution in [-0.2, 0) is 0 Å². The summed E-state index contributed by atoms with van der Waals surface area (Å²) in [4.78, 5) is 2.38. The van der Waals surface area contributed by atoms with Crippen LogP contribution in [-0.4, -0.2) is 12.0 Å². The van der Waals surface area contributed by atoms with Crippen LogP contribution in [0.1, 0.15) is 11.1 Å². The Morgan fingerprint density at radius 2 is 1.68 bits per heavy atom. The quantitative estimate of drug-likeness (QED) is 0.868. The van der Waals surface area contributed by atoms with E-state index in [1.54, 1.807) is 12.1 Å². The maximum atomic E-state index is 12.9. The Bertz CT molecular complexity index is 608. The van der Waals surface area contributed by atoms with E-state index in [1.165, 1.54) is 12.1 Å². The third-order valence-electron chi connectivity index (χ3n) is 3.08. The second kappa shape index (κ2) is 5.36. The summed E-state index contributed by atoms with van der Waals surface area (Å²) in [6.45, 7) is 1.97. The summed E-state index contributed by atoms with van der Waals surface area (Å²) >= 11 is 4.99. The predicted octanol–water partition coefficient (Wildman–Crippen LogP) is 3.54. The molecule has 2 aromatic carbocycles. The van der Waals surface area contributed by atoms with Crippen molar-refractivity contribution in [2.24, 2.45) is 5.73 Å². The molecule has 0 bridgehead atoms. The molecule has 0 aromatic heterocycles. The number of anilines is 2. The van der Waals surface area contributed by atoms with E-state index in [0.29, 0.717) is 4.99 Å². The van der Waals surface area contributed by atoms with Crippen molar-refractivity contribution in [2.75, 3.05) is 11.9 Å². The van der Waals surface area contributed by atoms with Crippen molar-refractivity contribution in [3.8, 4) is 0 Å². The molecule has 0 aliphatic carbocycles. The van der Waals surface area contributed by atoms with E-state index < -0.39 is 0 Å².